The first-order valence-corrected chi connectivity index (χ1v) is 14.4. The van der Waals surface area contributed by atoms with Gasteiger partial charge in [-0.25, -0.2) is 17.9 Å². The van der Waals surface area contributed by atoms with Gasteiger partial charge in [-0.1, -0.05) is 77.4 Å². The van der Waals surface area contributed by atoms with Crippen molar-refractivity contribution in [1.82, 2.24) is 4.72 Å². The maximum absolute atomic E-state index is 13.0. The number of allylic oxidation sites excluding steroid dienone is 5. The van der Waals surface area contributed by atoms with E-state index < -0.39 is 21.9 Å². The van der Waals surface area contributed by atoms with Crippen molar-refractivity contribution in [2.24, 2.45) is 0 Å². The number of carbonyl (C=O) groups is 2. The lowest BCUT2D eigenvalue weighted by Gasteiger charge is -2.12. The Morgan fingerprint density at radius 3 is 2.33 bits per heavy atom. The molecular formula is C31H31ClN2O5S. The molecule has 40 heavy (non-hydrogen) atoms. The summed E-state index contributed by atoms with van der Waals surface area (Å²) in [5.41, 5.74) is 3.60. The Hall–Kier alpha value is -3.98. The van der Waals surface area contributed by atoms with Crippen LogP contribution in [0.15, 0.2) is 112 Å². The van der Waals surface area contributed by atoms with E-state index in [0.29, 0.717) is 17.0 Å². The molecule has 1 amide bonds. The van der Waals surface area contributed by atoms with Crippen molar-refractivity contribution in [2.45, 2.75) is 32.1 Å². The molecule has 0 aliphatic heterocycles. The molecule has 0 saturated carbocycles. The van der Waals surface area contributed by atoms with E-state index in [-0.39, 0.29) is 28.3 Å². The second kappa shape index (κ2) is 13.9. The number of aromatic carboxylic acids is 1. The van der Waals surface area contributed by atoms with E-state index in [9.17, 15) is 23.1 Å². The first kappa shape index (κ1) is 30.6. The van der Waals surface area contributed by atoms with Crippen LogP contribution in [-0.4, -0.2) is 31.9 Å². The number of carboxylic acid groups (broad SMARTS) is 1. The zero-order valence-corrected chi connectivity index (χ0v) is 24.0. The number of benzene rings is 3. The summed E-state index contributed by atoms with van der Waals surface area (Å²) in [6.07, 6.45) is 5.91. The zero-order chi connectivity index (χ0) is 29.3. The molecule has 0 unspecified atom stereocenters. The molecule has 0 aliphatic carbocycles. The molecule has 0 atom stereocenters. The molecule has 0 bridgehead atoms. The molecule has 3 rings (SSSR count). The molecule has 3 aromatic carbocycles. The smallest absolute Gasteiger partial charge is 0.337 e. The van der Waals surface area contributed by atoms with Crippen LogP contribution >= 0.6 is 11.6 Å². The van der Waals surface area contributed by atoms with Crippen molar-refractivity contribution < 1.29 is 23.1 Å². The topological polar surface area (TPSA) is 113 Å². The van der Waals surface area contributed by atoms with Crippen LogP contribution in [0, 0.1) is 0 Å². The summed E-state index contributed by atoms with van der Waals surface area (Å²) in [6, 6.07) is 19.6. The van der Waals surface area contributed by atoms with Crippen LogP contribution in [0.4, 0.5) is 5.69 Å². The van der Waals surface area contributed by atoms with E-state index in [1.807, 2.05) is 57.2 Å². The number of hydrogen-bond acceptors (Lipinski definition) is 4. The third-order valence-electron chi connectivity index (χ3n) is 6.25. The van der Waals surface area contributed by atoms with E-state index in [1.165, 1.54) is 36.4 Å². The van der Waals surface area contributed by atoms with Gasteiger partial charge < -0.3 is 10.4 Å². The van der Waals surface area contributed by atoms with Crippen LogP contribution < -0.4 is 10.0 Å². The monoisotopic (exact) mass is 578 g/mol. The van der Waals surface area contributed by atoms with Crippen LogP contribution in [0.2, 0.25) is 0 Å². The van der Waals surface area contributed by atoms with E-state index >= 15 is 0 Å². The lowest BCUT2D eigenvalue weighted by atomic mass is 10.0. The van der Waals surface area contributed by atoms with Gasteiger partial charge in [0.15, 0.2) is 0 Å². The quantitative estimate of drug-likeness (QED) is 0.212. The molecule has 3 N–H and O–H groups in total. The minimum absolute atomic E-state index is 0.0730. The molecule has 3 aromatic rings. The standard InChI is InChI=1S/C31H31ClN2O5S/c1-4-26(32)15-13-21(2)22(3)17-18-33-40(38,39)27-12-8-11-25(19-27)30(35)34-29-16-14-24(20-28(29)31(36)37)23-9-6-5-7-10-23/h4-16,19-20,33H,17-18H2,1-3H3,(H,34,35)(H,36,37)/b15-13-,22-21+,26-4+. The van der Waals surface area contributed by atoms with Gasteiger partial charge in [0.1, 0.15) is 0 Å². The number of rotatable bonds is 11. The Morgan fingerprint density at radius 1 is 0.925 bits per heavy atom. The van der Waals surface area contributed by atoms with Crippen molar-refractivity contribution in [3.8, 4) is 11.1 Å². The predicted octanol–water partition coefficient (Wildman–Crippen LogP) is 7.01. The highest BCUT2D eigenvalue weighted by molar-refractivity contribution is 7.89. The van der Waals surface area contributed by atoms with Crippen LogP contribution in [-0.2, 0) is 10.0 Å². The van der Waals surface area contributed by atoms with Crippen LogP contribution in [0.25, 0.3) is 11.1 Å². The molecule has 0 radical (unpaired) electrons. The van der Waals surface area contributed by atoms with E-state index in [4.69, 9.17) is 11.6 Å². The Labute approximate surface area is 240 Å². The number of hydrogen-bond donors (Lipinski definition) is 3. The van der Waals surface area contributed by atoms with Gasteiger partial charge in [0.05, 0.1) is 16.1 Å². The fourth-order valence-electron chi connectivity index (χ4n) is 3.74. The second-order valence-electron chi connectivity index (χ2n) is 9.03. The summed E-state index contributed by atoms with van der Waals surface area (Å²) in [5, 5.41) is 12.9. The number of amides is 1. The van der Waals surface area contributed by atoms with Gasteiger partial charge in [-0.2, -0.15) is 0 Å². The lowest BCUT2D eigenvalue weighted by molar-refractivity contribution is 0.0698. The predicted molar refractivity (Wildman–Crippen MR) is 160 cm³/mol. The highest BCUT2D eigenvalue weighted by Crippen LogP contribution is 2.26. The molecule has 0 aromatic heterocycles. The molecule has 0 fully saturated rings. The van der Waals surface area contributed by atoms with Gasteiger partial charge in [-0.05, 0) is 74.7 Å². The van der Waals surface area contributed by atoms with E-state index in [0.717, 1.165) is 16.7 Å². The third-order valence-corrected chi connectivity index (χ3v) is 8.05. The summed E-state index contributed by atoms with van der Waals surface area (Å²) in [4.78, 5) is 24.8. The largest absolute Gasteiger partial charge is 0.478 e. The Bertz CT molecular complexity index is 1590. The maximum Gasteiger partial charge on any atom is 0.337 e. The van der Waals surface area contributed by atoms with Crippen molar-refractivity contribution in [1.29, 1.82) is 0 Å². The minimum atomic E-state index is -3.89. The summed E-state index contributed by atoms with van der Waals surface area (Å²) in [7, 11) is -3.89. The summed E-state index contributed by atoms with van der Waals surface area (Å²) >= 11 is 5.98. The normalized spacial score (nSPS) is 12.8. The van der Waals surface area contributed by atoms with Gasteiger partial charge >= 0.3 is 5.97 Å². The van der Waals surface area contributed by atoms with Crippen LogP contribution in [0.1, 0.15) is 47.9 Å². The summed E-state index contributed by atoms with van der Waals surface area (Å²) < 4.78 is 28.4. The average molecular weight is 579 g/mol. The SMILES string of the molecule is C\C=C(Cl)/C=C\C(C)=C(/C)CCNS(=O)(=O)c1cccc(C(=O)Nc2ccc(-c3ccccc3)cc2C(=O)O)c1. The maximum atomic E-state index is 13.0. The molecule has 9 heteroatoms. The Balaban J connectivity index is 1.73. The first-order chi connectivity index (χ1) is 19.0. The molecule has 208 valence electrons. The molecule has 0 heterocycles. The fourth-order valence-corrected chi connectivity index (χ4v) is 4.88. The number of nitrogens with one attached hydrogen (secondary N) is 2. The van der Waals surface area contributed by atoms with Crippen molar-refractivity contribution in [3.63, 3.8) is 0 Å². The molecule has 7 nitrogen and oxygen atoms in total. The molecule has 0 saturated heterocycles. The van der Waals surface area contributed by atoms with Gasteiger partial charge in [0.25, 0.3) is 5.91 Å². The van der Waals surface area contributed by atoms with Gasteiger partial charge in [-0.3, -0.25) is 4.79 Å². The summed E-state index contributed by atoms with van der Waals surface area (Å²) in [6.45, 7) is 5.85. The Kier molecular flexibility index (Phi) is 10.6. The van der Waals surface area contributed by atoms with Gasteiger partial charge in [0, 0.05) is 17.1 Å². The number of carboxylic acids is 1. The summed E-state index contributed by atoms with van der Waals surface area (Å²) in [5.74, 6) is -1.83. The number of sulfonamides is 1. The zero-order valence-electron chi connectivity index (χ0n) is 22.4. The van der Waals surface area contributed by atoms with Crippen LogP contribution in [0.3, 0.4) is 0 Å². The number of carbonyl (C=O) groups excluding carboxylic acids is 1. The van der Waals surface area contributed by atoms with E-state index in [1.54, 1.807) is 18.2 Å². The molecule has 0 spiro atoms. The van der Waals surface area contributed by atoms with Crippen molar-refractivity contribution in [3.05, 3.63) is 118 Å². The second-order valence-corrected chi connectivity index (χ2v) is 11.2. The fraction of sp³-hybridized carbons (Fsp3) is 0.161. The average Bonchev–Trinajstić information content (AvgIpc) is 2.96. The first-order valence-electron chi connectivity index (χ1n) is 12.5. The van der Waals surface area contributed by atoms with Gasteiger partial charge in [-0.15, -0.1) is 0 Å². The Morgan fingerprint density at radius 2 is 1.65 bits per heavy atom. The number of halogens is 1. The lowest BCUT2D eigenvalue weighted by Crippen LogP contribution is -2.25. The minimum Gasteiger partial charge on any atom is -0.478 e. The third kappa shape index (κ3) is 8.26. The molecule has 0 aliphatic rings. The van der Waals surface area contributed by atoms with Crippen molar-refractivity contribution in [2.75, 3.05) is 11.9 Å². The van der Waals surface area contributed by atoms with E-state index in [2.05, 4.69) is 10.0 Å². The highest BCUT2D eigenvalue weighted by atomic mass is 35.5. The van der Waals surface area contributed by atoms with Gasteiger partial charge in [0.2, 0.25) is 10.0 Å². The van der Waals surface area contributed by atoms with Crippen molar-refractivity contribution >= 4 is 39.2 Å². The molecular weight excluding hydrogens is 548 g/mol. The van der Waals surface area contributed by atoms with Crippen LogP contribution in [0.5, 0.6) is 0 Å². The highest BCUT2D eigenvalue weighted by Gasteiger charge is 2.18. The number of anilines is 1.